The van der Waals surface area contributed by atoms with Crippen LogP contribution < -0.4 is 9.64 Å². The third kappa shape index (κ3) is 11.8. The van der Waals surface area contributed by atoms with Crippen molar-refractivity contribution >= 4 is 37.6 Å². The number of unbranched alkanes of at least 4 members (excludes halogenated alkanes) is 11. The van der Waals surface area contributed by atoms with E-state index in [1.165, 1.54) is 76.1 Å². The smallest absolute Gasteiger partial charge is 0.210 e. The number of anilines is 1. The first-order valence-corrected chi connectivity index (χ1v) is 25.0. The van der Waals surface area contributed by atoms with Gasteiger partial charge in [-0.3, -0.25) is 9.88 Å². The maximum absolute atomic E-state index is 15.5. The number of pyridine rings is 1. The van der Waals surface area contributed by atoms with Gasteiger partial charge in [0.15, 0.2) is 16.5 Å². The van der Waals surface area contributed by atoms with E-state index in [-0.39, 0.29) is 21.6 Å². The number of halogens is 1. The molecule has 1 N–H and O–H groups in total. The van der Waals surface area contributed by atoms with Crippen LogP contribution in [-0.2, 0) is 21.0 Å². The Morgan fingerprint density at radius 3 is 2.09 bits per heavy atom. The number of hydrogen-bond acceptors (Lipinski definition) is 9. The second-order valence-electron chi connectivity index (χ2n) is 16.7. The molecule has 2 atom stereocenters. The maximum Gasteiger partial charge on any atom is 0.210 e. The van der Waals surface area contributed by atoms with Crippen molar-refractivity contribution in [2.45, 2.75) is 155 Å². The number of β-amino-alcohol motifs (C(OH)–C–C–N with tert-alkyl or cyclic N) is 1. The Bertz CT molecular complexity index is 1810. The van der Waals surface area contributed by atoms with Crippen molar-refractivity contribution in [2.24, 2.45) is 0 Å². The minimum absolute atomic E-state index is 0.0292. The molecule has 0 spiro atoms. The first kappa shape index (κ1) is 44.1. The molecule has 12 heteroatoms. The Morgan fingerprint density at radius 1 is 0.825 bits per heavy atom. The van der Waals surface area contributed by atoms with Gasteiger partial charge < -0.3 is 24.2 Å². The highest BCUT2D eigenvalue weighted by molar-refractivity contribution is 7.91. The van der Waals surface area contributed by atoms with Crippen LogP contribution in [0.4, 0.5) is 10.1 Å². The lowest BCUT2D eigenvalue weighted by Gasteiger charge is -2.45. The van der Waals surface area contributed by atoms with Crippen molar-refractivity contribution in [1.82, 2.24) is 14.8 Å². The minimum Gasteiger partial charge on any atom is -0.612 e. The molecule has 3 fully saturated rings. The molecule has 2 aromatic carbocycles. The molecule has 0 radical (unpaired) electrons. The van der Waals surface area contributed by atoms with Gasteiger partial charge in [0.1, 0.15) is 11.2 Å². The van der Waals surface area contributed by atoms with Gasteiger partial charge in [-0.1, -0.05) is 77.6 Å². The van der Waals surface area contributed by atoms with Crippen LogP contribution in [0.1, 0.15) is 122 Å². The van der Waals surface area contributed by atoms with Crippen LogP contribution in [-0.4, -0.2) is 103 Å². The van der Waals surface area contributed by atoms with Crippen molar-refractivity contribution in [2.75, 3.05) is 57.0 Å². The first-order valence-electron chi connectivity index (χ1n) is 22.0. The van der Waals surface area contributed by atoms with Crippen molar-refractivity contribution in [3.8, 4) is 5.75 Å². The minimum atomic E-state index is -4.19. The fourth-order valence-electron chi connectivity index (χ4n) is 9.24. The van der Waals surface area contributed by atoms with Gasteiger partial charge in [-0.2, -0.15) is 0 Å². The summed E-state index contributed by atoms with van der Waals surface area (Å²) in [5.41, 5.74) is 1.17. The molecule has 316 valence electrons. The van der Waals surface area contributed by atoms with E-state index in [2.05, 4.69) is 26.6 Å². The zero-order valence-electron chi connectivity index (χ0n) is 34.5. The number of hydrogen-bond donors (Lipinski definition) is 1. The molecule has 0 saturated carbocycles. The summed E-state index contributed by atoms with van der Waals surface area (Å²) in [6.07, 6.45) is 23.5. The number of ether oxygens (including phenoxy) is 1. The number of nitrogens with zero attached hydrogens (tertiary/aromatic N) is 4. The number of aliphatic hydroxyl groups excluding tert-OH is 1. The average Bonchev–Trinajstić information content (AvgIpc) is 3.22. The van der Waals surface area contributed by atoms with Crippen LogP contribution >= 0.6 is 0 Å². The van der Waals surface area contributed by atoms with Gasteiger partial charge in [0.05, 0.1) is 28.8 Å². The zero-order chi connectivity index (χ0) is 40.2. The van der Waals surface area contributed by atoms with E-state index in [9.17, 15) is 18.1 Å². The molecule has 0 bridgehead atoms. The lowest BCUT2D eigenvalue weighted by Crippen LogP contribution is -2.53. The van der Waals surface area contributed by atoms with Crippen molar-refractivity contribution < 1.29 is 27.2 Å². The largest absolute Gasteiger partial charge is 0.612 e. The Balaban J connectivity index is 1.08. The van der Waals surface area contributed by atoms with E-state index in [1.54, 1.807) is 24.5 Å². The van der Waals surface area contributed by atoms with Crippen LogP contribution in [0, 0.1) is 5.82 Å². The van der Waals surface area contributed by atoms with Crippen LogP contribution in [0.2, 0.25) is 0 Å². The molecule has 0 aliphatic carbocycles. The standard InChI is InChI=1S/C45H67FN4O5S2/c1-3-4-5-6-7-8-9-10-11-12-13-14-30-55-43-20-18-39(32-41(43)46)57(53,54)44-33-47-42-19-17-38(56(2)52)31-40(42)45(44)49-28-23-35(24-29-49)48-26-21-36(22-27-48)50-25-15-16-37(51)34-50/h17-20,31-33,35-37,51H,3-16,21-30,34H2,1-2H3. The van der Waals surface area contributed by atoms with Gasteiger partial charge in [-0.15, -0.1) is 0 Å². The summed E-state index contributed by atoms with van der Waals surface area (Å²) in [6, 6.07) is 10.2. The molecule has 57 heavy (non-hydrogen) atoms. The molecule has 0 amide bonds. The maximum atomic E-state index is 15.5. The number of benzene rings is 2. The van der Waals surface area contributed by atoms with Crippen LogP contribution in [0.5, 0.6) is 5.75 Å². The number of likely N-dealkylation sites (tertiary alicyclic amines) is 2. The quantitative estimate of drug-likeness (QED) is 0.0883. The highest BCUT2D eigenvalue weighted by Gasteiger charge is 2.34. The molecular formula is C45H67FN4O5S2. The SMILES string of the molecule is CCCCCCCCCCCCCCOc1ccc(S(=O)(=O)c2cnc3ccc([S+](C)[O-])cc3c2N2CCC(N3CCC(N4CCCC(O)C4)CC3)CC2)cc1F. The molecule has 3 aliphatic rings. The fourth-order valence-corrected chi connectivity index (χ4v) is 11.2. The predicted molar refractivity (Wildman–Crippen MR) is 229 cm³/mol. The van der Waals surface area contributed by atoms with Crippen LogP contribution in [0.25, 0.3) is 10.9 Å². The summed E-state index contributed by atoms with van der Waals surface area (Å²) in [7, 11) is -4.19. The normalized spacial score (nSPS) is 20.0. The number of fused-ring (bicyclic) bond motifs is 1. The Kier molecular flexibility index (Phi) is 16.8. The van der Waals surface area contributed by atoms with Crippen LogP contribution in [0.3, 0.4) is 0 Å². The van der Waals surface area contributed by atoms with Crippen molar-refractivity contribution in [3.63, 3.8) is 0 Å². The molecule has 3 saturated heterocycles. The topological polar surface area (TPSA) is 109 Å². The molecule has 2 unspecified atom stereocenters. The number of rotatable bonds is 20. The van der Waals surface area contributed by atoms with Crippen molar-refractivity contribution in [3.05, 3.63) is 48.4 Å². The lowest BCUT2D eigenvalue weighted by atomic mass is 9.95. The van der Waals surface area contributed by atoms with Gasteiger partial charge in [-0.25, -0.2) is 12.8 Å². The summed E-state index contributed by atoms with van der Waals surface area (Å²) < 4.78 is 62.8. The third-order valence-electron chi connectivity index (χ3n) is 12.6. The second kappa shape index (κ2) is 21.7. The third-order valence-corrected chi connectivity index (χ3v) is 15.3. The molecule has 3 aliphatic heterocycles. The summed E-state index contributed by atoms with van der Waals surface area (Å²) in [6.45, 7) is 7.85. The fraction of sp³-hybridized carbons (Fsp3) is 0.667. The molecule has 4 heterocycles. The number of sulfone groups is 1. The second-order valence-corrected chi connectivity index (χ2v) is 20.0. The van der Waals surface area contributed by atoms with E-state index >= 15 is 4.39 Å². The molecule has 3 aromatic rings. The van der Waals surface area contributed by atoms with E-state index < -0.39 is 26.8 Å². The monoisotopic (exact) mass is 826 g/mol. The summed E-state index contributed by atoms with van der Waals surface area (Å²) in [5.74, 6) is -0.640. The predicted octanol–water partition coefficient (Wildman–Crippen LogP) is 8.91. The van der Waals surface area contributed by atoms with Gasteiger partial charge in [0.25, 0.3) is 0 Å². The highest BCUT2D eigenvalue weighted by atomic mass is 32.2. The van der Waals surface area contributed by atoms with Gasteiger partial charge >= 0.3 is 0 Å². The Labute approximate surface area is 344 Å². The van der Waals surface area contributed by atoms with Gasteiger partial charge in [-0.05, 0) is 106 Å². The highest BCUT2D eigenvalue weighted by Crippen LogP contribution is 2.39. The number of aliphatic hydroxyl groups is 1. The molecule has 9 nitrogen and oxygen atoms in total. The molecule has 1 aromatic heterocycles. The Hall–Kier alpha value is -2.48. The average molecular weight is 827 g/mol. The summed E-state index contributed by atoms with van der Waals surface area (Å²) in [4.78, 5) is 12.3. The van der Waals surface area contributed by atoms with Gasteiger partial charge in [0.2, 0.25) is 9.84 Å². The molecular weight excluding hydrogens is 760 g/mol. The number of piperidine rings is 3. The number of aromatic nitrogens is 1. The zero-order valence-corrected chi connectivity index (χ0v) is 36.1. The van der Waals surface area contributed by atoms with Crippen LogP contribution in [0.15, 0.2) is 57.3 Å². The molecule has 6 rings (SSSR count). The summed E-state index contributed by atoms with van der Waals surface area (Å²) in [5, 5.41) is 10.8. The van der Waals surface area contributed by atoms with Crippen molar-refractivity contribution in [1.29, 1.82) is 0 Å². The van der Waals surface area contributed by atoms with Gasteiger partial charge in [0, 0.05) is 49.4 Å². The van der Waals surface area contributed by atoms with E-state index in [0.29, 0.717) is 53.3 Å². The van der Waals surface area contributed by atoms with E-state index in [0.717, 1.165) is 90.0 Å². The Morgan fingerprint density at radius 2 is 1.46 bits per heavy atom. The first-order chi connectivity index (χ1) is 27.7. The van der Waals surface area contributed by atoms with E-state index in [4.69, 9.17) is 4.74 Å². The lowest BCUT2D eigenvalue weighted by molar-refractivity contribution is 0.0170. The van der Waals surface area contributed by atoms with E-state index in [1.807, 2.05) is 0 Å². The summed E-state index contributed by atoms with van der Waals surface area (Å²) >= 11 is -1.28.